The highest BCUT2D eigenvalue weighted by Gasteiger charge is 2.27. The van der Waals surface area contributed by atoms with Gasteiger partial charge in [0.15, 0.2) is 24.3 Å². The topological polar surface area (TPSA) is 74.5 Å². The minimum absolute atomic E-state index is 0.186. The first-order valence-electron chi connectivity index (χ1n) is 6.94. The molecule has 6 nitrogen and oxygen atoms in total. The maximum absolute atomic E-state index is 13.6. The van der Waals surface area contributed by atoms with Crippen molar-refractivity contribution in [2.75, 3.05) is 0 Å². The van der Waals surface area contributed by atoms with E-state index in [1.807, 2.05) is 0 Å². The summed E-state index contributed by atoms with van der Waals surface area (Å²) in [5, 5.41) is 3.59. The van der Waals surface area contributed by atoms with Crippen LogP contribution in [0.25, 0.3) is 0 Å². The van der Waals surface area contributed by atoms with Gasteiger partial charge >= 0.3 is 5.97 Å². The predicted octanol–water partition coefficient (Wildman–Crippen LogP) is 2.80. The number of aromatic nitrogens is 2. The van der Waals surface area contributed by atoms with Crippen LogP contribution >= 0.6 is 0 Å². The molecule has 0 radical (unpaired) electrons. The fraction of sp³-hybridized carbons (Fsp3) is 0.400. The SMILES string of the molecule is Cc1nc(COC(=O)C(Oc2ccc(F)cc2F)C(C)C)no1. The van der Waals surface area contributed by atoms with Crippen molar-refractivity contribution in [2.45, 2.75) is 33.5 Å². The Morgan fingerprint density at radius 3 is 2.65 bits per heavy atom. The summed E-state index contributed by atoms with van der Waals surface area (Å²) in [4.78, 5) is 16.0. The maximum atomic E-state index is 13.6. The van der Waals surface area contributed by atoms with Gasteiger partial charge in [-0.2, -0.15) is 4.98 Å². The van der Waals surface area contributed by atoms with E-state index in [2.05, 4.69) is 10.1 Å². The van der Waals surface area contributed by atoms with Gasteiger partial charge in [0.05, 0.1) is 0 Å². The summed E-state index contributed by atoms with van der Waals surface area (Å²) in [6.45, 7) is 4.85. The molecule has 2 rings (SSSR count). The molecule has 0 saturated carbocycles. The van der Waals surface area contributed by atoms with Gasteiger partial charge in [0.2, 0.25) is 11.7 Å². The molecule has 0 N–H and O–H groups in total. The van der Waals surface area contributed by atoms with E-state index in [0.717, 1.165) is 12.1 Å². The summed E-state index contributed by atoms with van der Waals surface area (Å²) in [7, 11) is 0. The summed E-state index contributed by atoms with van der Waals surface area (Å²) in [5.74, 6) is -2.28. The molecule has 0 bridgehead atoms. The lowest BCUT2D eigenvalue weighted by atomic mass is 10.1. The van der Waals surface area contributed by atoms with E-state index < -0.39 is 23.7 Å². The normalized spacial score (nSPS) is 12.3. The van der Waals surface area contributed by atoms with E-state index in [9.17, 15) is 13.6 Å². The van der Waals surface area contributed by atoms with Gasteiger partial charge in [-0.25, -0.2) is 13.6 Å². The Labute approximate surface area is 131 Å². The average molecular weight is 326 g/mol. The number of halogens is 2. The average Bonchev–Trinajstić information content (AvgIpc) is 2.89. The number of rotatable bonds is 6. The maximum Gasteiger partial charge on any atom is 0.348 e. The Morgan fingerprint density at radius 2 is 2.09 bits per heavy atom. The molecular formula is C15H16F2N2O4. The van der Waals surface area contributed by atoms with Crippen LogP contribution in [-0.2, 0) is 16.1 Å². The van der Waals surface area contributed by atoms with Crippen LogP contribution in [0.5, 0.6) is 5.75 Å². The third-order valence-electron chi connectivity index (χ3n) is 2.90. The first kappa shape index (κ1) is 16.9. The highest BCUT2D eigenvalue weighted by atomic mass is 19.1. The van der Waals surface area contributed by atoms with Crippen LogP contribution in [0, 0.1) is 24.5 Å². The fourth-order valence-corrected chi connectivity index (χ4v) is 1.78. The number of hydrogen-bond donors (Lipinski definition) is 0. The zero-order chi connectivity index (χ0) is 17.0. The Hall–Kier alpha value is -2.51. The minimum atomic E-state index is -1.05. The van der Waals surface area contributed by atoms with Crippen LogP contribution in [0.15, 0.2) is 22.7 Å². The van der Waals surface area contributed by atoms with Crippen LogP contribution in [0.1, 0.15) is 25.6 Å². The lowest BCUT2D eigenvalue weighted by molar-refractivity contribution is -0.155. The number of hydrogen-bond acceptors (Lipinski definition) is 6. The van der Waals surface area contributed by atoms with Crippen molar-refractivity contribution in [1.82, 2.24) is 10.1 Å². The van der Waals surface area contributed by atoms with Crippen molar-refractivity contribution < 1.29 is 27.6 Å². The Morgan fingerprint density at radius 1 is 1.35 bits per heavy atom. The van der Waals surface area contributed by atoms with E-state index >= 15 is 0 Å². The van der Waals surface area contributed by atoms with Crippen molar-refractivity contribution in [3.63, 3.8) is 0 Å². The van der Waals surface area contributed by atoms with Crippen LogP contribution in [-0.4, -0.2) is 22.2 Å². The highest BCUT2D eigenvalue weighted by molar-refractivity contribution is 5.75. The van der Waals surface area contributed by atoms with Gasteiger partial charge < -0.3 is 14.0 Å². The molecular weight excluding hydrogens is 310 g/mol. The van der Waals surface area contributed by atoms with Crippen LogP contribution in [0.4, 0.5) is 8.78 Å². The summed E-state index contributed by atoms with van der Waals surface area (Å²) < 4.78 is 41.7. The van der Waals surface area contributed by atoms with Crippen molar-refractivity contribution >= 4 is 5.97 Å². The van der Waals surface area contributed by atoms with E-state index in [4.69, 9.17) is 14.0 Å². The van der Waals surface area contributed by atoms with Gasteiger partial charge in [0.25, 0.3) is 0 Å². The van der Waals surface area contributed by atoms with Crippen LogP contribution in [0.2, 0.25) is 0 Å². The predicted molar refractivity (Wildman–Crippen MR) is 74.4 cm³/mol. The molecule has 0 spiro atoms. The quantitative estimate of drug-likeness (QED) is 0.760. The second kappa shape index (κ2) is 7.17. The number of esters is 1. The highest BCUT2D eigenvalue weighted by Crippen LogP contribution is 2.22. The molecule has 124 valence electrons. The van der Waals surface area contributed by atoms with Gasteiger partial charge in [0, 0.05) is 18.9 Å². The molecule has 23 heavy (non-hydrogen) atoms. The zero-order valence-corrected chi connectivity index (χ0v) is 12.9. The second-order valence-electron chi connectivity index (χ2n) is 5.19. The Bertz CT molecular complexity index is 688. The van der Waals surface area contributed by atoms with Crippen molar-refractivity contribution in [3.8, 4) is 5.75 Å². The third-order valence-corrected chi connectivity index (χ3v) is 2.90. The van der Waals surface area contributed by atoms with E-state index in [1.54, 1.807) is 20.8 Å². The van der Waals surface area contributed by atoms with Gasteiger partial charge in [-0.05, 0) is 12.1 Å². The summed E-state index contributed by atoms with van der Waals surface area (Å²) in [6, 6.07) is 2.85. The summed E-state index contributed by atoms with van der Waals surface area (Å²) >= 11 is 0. The molecule has 8 heteroatoms. The van der Waals surface area contributed by atoms with Gasteiger partial charge in [-0.3, -0.25) is 0 Å². The van der Waals surface area contributed by atoms with Crippen LogP contribution < -0.4 is 4.74 Å². The molecule has 1 unspecified atom stereocenters. The number of aryl methyl sites for hydroxylation is 1. The molecule has 0 aliphatic heterocycles. The van der Waals surface area contributed by atoms with Gasteiger partial charge in [-0.1, -0.05) is 19.0 Å². The monoisotopic (exact) mass is 326 g/mol. The van der Waals surface area contributed by atoms with Crippen molar-refractivity contribution in [1.29, 1.82) is 0 Å². The minimum Gasteiger partial charge on any atom is -0.475 e. The molecule has 2 aromatic rings. The number of benzene rings is 1. The largest absolute Gasteiger partial charge is 0.475 e. The lowest BCUT2D eigenvalue weighted by Gasteiger charge is -2.21. The first-order chi connectivity index (χ1) is 10.9. The molecule has 1 heterocycles. The lowest BCUT2D eigenvalue weighted by Crippen LogP contribution is -2.34. The zero-order valence-electron chi connectivity index (χ0n) is 12.9. The number of ether oxygens (including phenoxy) is 2. The van der Waals surface area contributed by atoms with Crippen molar-refractivity contribution in [2.24, 2.45) is 5.92 Å². The van der Waals surface area contributed by atoms with E-state index in [1.165, 1.54) is 0 Å². The molecule has 0 aliphatic rings. The molecule has 1 aromatic heterocycles. The van der Waals surface area contributed by atoms with Crippen LogP contribution in [0.3, 0.4) is 0 Å². The van der Waals surface area contributed by atoms with Gasteiger partial charge in [0.1, 0.15) is 5.82 Å². The summed E-state index contributed by atoms with van der Waals surface area (Å²) in [5.41, 5.74) is 0. The Kier molecular flexibility index (Phi) is 5.25. The number of carbonyl (C=O) groups excluding carboxylic acids is 1. The molecule has 1 aromatic carbocycles. The molecule has 1 atom stereocenters. The Balaban J connectivity index is 2.03. The molecule has 0 fully saturated rings. The second-order valence-corrected chi connectivity index (χ2v) is 5.19. The first-order valence-corrected chi connectivity index (χ1v) is 6.94. The summed E-state index contributed by atoms with van der Waals surface area (Å²) in [6.07, 6.45) is -1.05. The smallest absolute Gasteiger partial charge is 0.348 e. The molecule has 0 aliphatic carbocycles. The number of nitrogens with zero attached hydrogens (tertiary/aromatic N) is 2. The van der Waals surface area contributed by atoms with Crippen molar-refractivity contribution in [3.05, 3.63) is 41.5 Å². The van der Waals surface area contributed by atoms with E-state index in [-0.39, 0.29) is 24.1 Å². The number of carbonyl (C=O) groups is 1. The van der Waals surface area contributed by atoms with Gasteiger partial charge in [-0.15, -0.1) is 0 Å². The third kappa shape index (κ3) is 4.48. The van der Waals surface area contributed by atoms with E-state index in [0.29, 0.717) is 12.0 Å². The standard InChI is InChI=1S/C15H16F2N2O4/c1-8(2)14(22-12-5-4-10(16)6-11(12)17)15(20)21-7-13-18-9(3)23-19-13/h4-6,8,14H,7H2,1-3H3. The molecule has 0 amide bonds. The fourth-order valence-electron chi connectivity index (χ4n) is 1.78. The molecule has 0 saturated heterocycles.